The van der Waals surface area contributed by atoms with Gasteiger partial charge in [0.15, 0.2) is 0 Å². The molecule has 0 aromatic heterocycles. The average molecular weight is 280 g/mol. The lowest BCUT2D eigenvalue weighted by atomic mass is 9.70. The van der Waals surface area contributed by atoms with Crippen LogP contribution in [0.2, 0.25) is 0 Å². The molecule has 4 N–H and O–H groups in total. The van der Waals surface area contributed by atoms with Crippen molar-refractivity contribution in [2.45, 2.75) is 64.5 Å². The highest BCUT2D eigenvalue weighted by molar-refractivity contribution is 5.85. The number of carbonyl (C=O) groups is 1. The summed E-state index contributed by atoms with van der Waals surface area (Å²) < 4.78 is 6.18. The van der Waals surface area contributed by atoms with Gasteiger partial charge in [-0.05, 0) is 54.8 Å². The molecule has 0 heterocycles. The number of hydrogen-bond donors (Lipinski definition) is 2. The van der Waals surface area contributed by atoms with E-state index in [1.54, 1.807) is 0 Å². The first kappa shape index (κ1) is 14.3. The van der Waals surface area contributed by atoms with Gasteiger partial charge in [0, 0.05) is 0 Å². The van der Waals surface area contributed by atoms with Crippen LogP contribution in [0.15, 0.2) is 0 Å². The normalized spacial score (nSPS) is 41.6. The third kappa shape index (κ3) is 1.77. The number of carbonyl (C=O) groups excluding carboxylic acids is 1. The maximum atomic E-state index is 11.7. The minimum atomic E-state index is -0.956. The van der Waals surface area contributed by atoms with Gasteiger partial charge in [-0.1, -0.05) is 20.8 Å². The lowest BCUT2D eigenvalue weighted by molar-refractivity contribution is -0.130. The van der Waals surface area contributed by atoms with Gasteiger partial charge in [0.05, 0.1) is 12.7 Å². The first-order valence-corrected chi connectivity index (χ1v) is 7.92. The van der Waals surface area contributed by atoms with Crippen molar-refractivity contribution in [3.05, 3.63) is 0 Å². The molecule has 3 aliphatic carbocycles. The van der Waals surface area contributed by atoms with Gasteiger partial charge in [-0.15, -0.1) is 0 Å². The van der Waals surface area contributed by atoms with Gasteiger partial charge >= 0.3 is 0 Å². The number of ether oxygens (including phenoxy) is 1. The zero-order valence-electron chi connectivity index (χ0n) is 12.9. The summed E-state index contributed by atoms with van der Waals surface area (Å²) in [5.41, 5.74) is 11.3. The van der Waals surface area contributed by atoms with Gasteiger partial charge in [-0.3, -0.25) is 4.79 Å². The second-order valence-corrected chi connectivity index (χ2v) is 8.09. The van der Waals surface area contributed by atoms with Crippen LogP contribution < -0.4 is 11.5 Å². The van der Waals surface area contributed by atoms with E-state index in [2.05, 4.69) is 20.8 Å². The van der Waals surface area contributed by atoms with Crippen molar-refractivity contribution in [1.82, 2.24) is 0 Å². The van der Waals surface area contributed by atoms with Gasteiger partial charge in [-0.25, -0.2) is 0 Å². The summed E-state index contributed by atoms with van der Waals surface area (Å²) >= 11 is 0. The molecule has 1 amide bonds. The molecule has 4 nitrogen and oxygen atoms in total. The van der Waals surface area contributed by atoms with Crippen molar-refractivity contribution in [2.24, 2.45) is 34.1 Å². The Morgan fingerprint density at radius 1 is 1.30 bits per heavy atom. The van der Waals surface area contributed by atoms with Crippen LogP contribution in [0.3, 0.4) is 0 Å². The summed E-state index contributed by atoms with van der Waals surface area (Å²) in [6.45, 7) is 7.34. The molecule has 114 valence electrons. The first-order valence-electron chi connectivity index (χ1n) is 7.92. The molecule has 0 aliphatic heterocycles. The van der Waals surface area contributed by atoms with Crippen molar-refractivity contribution in [3.63, 3.8) is 0 Å². The minimum Gasteiger partial charge on any atom is -0.375 e. The number of amides is 1. The average Bonchev–Trinajstić information content (AvgIpc) is 3.16. The molecule has 4 unspecified atom stereocenters. The van der Waals surface area contributed by atoms with E-state index >= 15 is 0 Å². The lowest BCUT2D eigenvalue weighted by Crippen LogP contribution is -2.58. The molecule has 3 fully saturated rings. The fourth-order valence-corrected chi connectivity index (χ4v) is 4.61. The zero-order chi connectivity index (χ0) is 14.8. The molecule has 2 bridgehead atoms. The van der Waals surface area contributed by atoms with Crippen molar-refractivity contribution >= 4 is 5.91 Å². The fraction of sp³-hybridized carbons (Fsp3) is 0.938. The molecular weight excluding hydrogens is 252 g/mol. The van der Waals surface area contributed by atoms with Crippen LogP contribution in [0.25, 0.3) is 0 Å². The Kier molecular flexibility index (Phi) is 3.01. The highest BCUT2D eigenvalue weighted by Crippen LogP contribution is 2.66. The number of nitrogens with two attached hydrogens (primary N) is 2. The van der Waals surface area contributed by atoms with E-state index in [1.165, 1.54) is 12.8 Å². The van der Waals surface area contributed by atoms with E-state index < -0.39 is 11.4 Å². The Morgan fingerprint density at radius 2 is 1.95 bits per heavy atom. The Bertz CT molecular complexity index is 432. The predicted molar refractivity (Wildman–Crippen MR) is 77.8 cm³/mol. The Balaban J connectivity index is 1.69. The molecule has 4 heteroatoms. The largest absolute Gasteiger partial charge is 0.375 e. The SMILES string of the molecule is CC1(C)C2CCC1(C)C(OCC(N)(C(N)=O)C1CC1)C2. The summed E-state index contributed by atoms with van der Waals surface area (Å²) in [5.74, 6) is 0.547. The standard InChI is InChI=1S/C16H28N2O2/c1-14(2)11-6-7-15(14,3)12(8-11)20-9-16(18,13(17)19)10-4-5-10/h10-12H,4-9,18H2,1-3H3,(H2,17,19). The first-order chi connectivity index (χ1) is 9.22. The topological polar surface area (TPSA) is 78.3 Å². The van der Waals surface area contributed by atoms with Gasteiger partial charge < -0.3 is 16.2 Å². The number of hydrogen-bond acceptors (Lipinski definition) is 3. The highest BCUT2D eigenvalue weighted by atomic mass is 16.5. The van der Waals surface area contributed by atoms with Gasteiger partial charge in [-0.2, -0.15) is 0 Å². The Hall–Kier alpha value is -0.610. The zero-order valence-corrected chi connectivity index (χ0v) is 12.9. The molecule has 3 rings (SSSR count). The monoisotopic (exact) mass is 280 g/mol. The van der Waals surface area contributed by atoms with Crippen molar-refractivity contribution in [2.75, 3.05) is 6.61 Å². The van der Waals surface area contributed by atoms with Crippen LogP contribution in [0.1, 0.15) is 52.9 Å². The molecule has 0 aromatic carbocycles. The molecule has 4 atom stereocenters. The third-order valence-corrected chi connectivity index (χ3v) is 7.00. The van der Waals surface area contributed by atoms with Crippen LogP contribution >= 0.6 is 0 Å². The smallest absolute Gasteiger partial charge is 0.240 e. The van der Waals surface area contributed by atoms with E-state index in [9.17, 15) is 4.79 Å². The number of rotatable bonds is 5. The summed E-state index contributed by atoms with van der Waals surface area (Å²) in [6, 6.07) is 0. The molecule has 0 spiro atoms. The van der Waals surface area contributed by atoms with E-state index in [-0.39, 0.29) is 24.0 Å². The highest BCUT2D eigenvalue weighted by Gasteiger charge is 2.62. The third-order valence-electron chi connectivity index (χ3n) is 7.00. The van der Waals surface area contributed by atoms with Crippen LogP contribution in [0.5, 0.6) is 0 Å². The van der Waals surface area contributed by atoms with Crippen LogP contribution in [-0.2, 0) is 9.53 Å². The van der Waals surface area contributed by atoms with E-state index in [0.29, 0.717) is 5.41 Å². The molecule has 20 heavy (non-hydrogen) atoms. The molecule has 3 aliphatic rings. The Labute approximate surface area is 121 Å². The van der Waals surface area contributed by atoms with Crippen LogP contribution in [0.4, 0.5) is 0 Å². The molecule has 0 saturated heterocycles. The van der Waals surface area contributed by atoms with Crippen molar-refractivity contribution in [3.8, 4) is 0 Å². The number of primary amides is 1. The summed E-state index contributed by atoms with van der Waals surface area (Å²) in [7, 11) is 0. The fourth-order valence-electron chi connectivity index (χ4n) is 4.61. The molecule has 3 saturated carbocycles. The van der Waals surface area contributed by atoms with E-state index in [4.69, 9.17) is 16.2 Å². The molecular formula is C16H28N2O2. The quantitative estimate of drug-likeness (QED) is 0.806. The molecule has 0 aromatic rings. The Morgan fingerprint density at radius 3 is 2.35 bits per heavy atom. The van der Waals surface area contributed by atoms with Gasteiger partial charge in [0.2, 0.25) is 5.91 Å². The lowest BCUT2D eigenvalue weighted by Gasteiger charge is -2.40. The summed E-state index contributed by atoms with van der Waals surface area (Å²) in [5, 5.41) is 0. The van der Waals surface area contributed by atoms with Gasteiger partial charge in [0.1, 0.15) is 5.54 Å². The minimum absolute atomic E-state index is 0.208. The molecule has 0 radical (unpaired) electrons. The van der Waals surface area contributed by atoms with E-state index in [0.717, 1.165) is 25.2 Å². The van der Waals surface area contributed by atoms with Crippen molar-refractivity contribution < 1.29 is 9.53 Å². The second kappa shape index (κ2) is 4.20. The van der Waals surface area contributed by atoms with E-state index in [1.807, 2.05) is 0 Å². The summed E-state index contributed by atoms with van der Waals surface area (Å²) in [6.07, 6.45) is 5.83. The maximum absolute atomic E-state index is 11.7. The predicted octanol–water partition coefficient (Wildman–Crippen LogP) is 1.81. The second-order valence-electron chi connectivity index (χ2n) is 8.09. The van der Waals surface area contributed by atoms with Gasteiger partial charge in [0.25, 0.3) is 0 Å². The summed E-state index contributed by atoms with van der Waals surface area (Å²) in [4.78, 5) is 11.7. The van der Waals surface area contributed by atoms with Crippen LogP contribution in [0, 0.1) is 22.7 Å². The van der Waals surface area contributed by atoms with Crippen LogP contribution in [-0.4, -0.2) is 24.2 Å². The maximum Gasteiger partial charge on any atom is 0.240 e. The van der Waals surface area contributed by atoms with Crippen molar-refractivity contribution in [1.29, 1.82) is 0 Å². The number of fused-ring (bicyclic) bond motifs is 2.